The molecule has 1 atom stereocenters. The molecule has 0 aliphatic carbocycles. The minimum Gasteiger partial charge on any atom is -0.383 e. The lowest BCUT2D eigenvalue weighted by molar-refractivity contribution is -0.137. The van der Waals surface area contributed by atoms with Crippen LogP contribution in [0.15, 0.2) is 18.2 Å². The Morgan fingerprint density at radius 1 is 1.46 bits per heavy atom. The van der Waals surface area contributed by atoms with Gasteiger partial charge in [0.1, 0.15) is 0 Å². The van der Waals surface area contributed by atoms with Crippen LogP contribution < -0.4 is 10.2 Å². The Hall–Kier alpha value is -1.80. The lowest BCUT2D eigenvalue weighted by atomic mass is 10.1. The summed E-state index contributed by atoms with van der Waals surface area (Å²) >= 11 is 5.57. The topological polar surface area (TPSA) is 58.6 Å². The number of nitrogens with one attached hydrogen (secondary N) is 1. The molecule has 1 aliphatic heterocycles. The Kier molecular flexibility index (Phi) is 5.71. The van der Waals surface area contributed by atoms with Crippen molar-refractivity contribution in [3.63, 3.8) is 0 Å². The van der Waals surface area contributed by atoms with Crippen molar-refractivity contribution in [1.82, 2.24) is 5.32 Å². The molecule has 2 rings (SSSR count). The van der Waals surface area contributed by atoms with E-state index in [2.05, 4.69) is 5.32 Å². The van der Waals surface area contributed by atoms with Gasteiger partial charge in [0.25, 0.3) is 0 Å². The molecule has 1 unspecified atom stereocenters. The van der Waals surface area contributed by atoms with Crippen molar-refractivity contribution in [3.8, 4) is 0 Å². The third-order valence-corrected chi connectivity index (χ3v) is 4.00. The Morgan fingerprint density at radius 3 is 2.79 bits per heavy atom. The molecule has 1 N–H and O–H groups in total. The first-order valence-electron chi connectivity index (χ1n) is 7.17. The summed E-state index contributed by atoms with van der Waals surface area (Å²) in [6, 6.07) is 3.26. The standard InChI is InChI=1S/C15H16ClF3N2O3/c1-24-5-4-20-14(23)9-6-13(22)21(8-9)10-2-3-12(16)11(7-10)15(17,18)19/h2-3,7,9H,4-6,8H2,1H3,(H,20,23). The van der Waals surface area contributed by atoms with Crippen LogP contribution in [0.25, 0.3) is 0 Å². The molecule has 0 spiro atoms. The van der Waals surface area contributed by atoms with Crippen molar-refractivity contribution in [2.75, 3.05) is 31.7 Å². The molecule has 2 amide bonds. The average Bonchev–Trinajstić information content (AvgIpc) is 2.89. The predicted octanol–water partition coefficient (Wildman–Crippen LogP) is 2.47. The van der Waals surface area contributed by atoms with Gasteiger partial charge in [0.2, 0.25) is 11.8 Å². The van der Waals surface area contributed by atoms with Gasteiger partial charge >= 0.3 is 6.18 Å². The van der Waals surface area contributed by atoms with E-state index in [0.29, 0.717) is 13.2 Å². The van der Waals surface area contributed by atoms with Gasteiger partial charge in [0.15, 0.2) is 0 Å². The summed E-state index contributed by atoms with van der Waals surface area (Å²) < 4.78 is 43.6. The third-order valence-electron chi connectivity index (χ3n) is 3.67. The van der Waals surface area contributed by atoms with E-state index in [9.17, 15) is 22.8 Å². The largest absolute Gasteiger partial charge is 0.417 e. The average molecular weight is 365 g/mol. The van der Waals surface area contributed by atoms with Crippen LogP contribution in [-0.2, 0) is 20.5 Å². The zero-order chi connectivity index (χ0) is 17.9. The molecule has 1 fully saturated rings. The molecule has 132 valence electrons. The first kappa shape index (κ1) is 18.5. The number of halogens is 4. The van der Waals surface area contributed by atoms with Gasteiger partial charge in [-0.1, -0.05) is 11.6 Å². The number of carbonyl (C=O) groups is 2. The minimum absolute atomic E-state index is 0.0244. The second-order valence-electron chi connectivity index (χ2n) is 5.35. The predicted molar refractivity (Wildman–Crippen MR) is 81.8 cm³/mol. The summed E-state index contributed by atoms with van der Waals surface area (Å²) in [6.45, 7) is 0.665. The van der Waals surface area contributed by atoms with Gasteiger partial charge in [-0.25, -0.2) is 0 Å². The van der Waals surface area contributed by atoms with Gasteiger partial charge < -0.3 is 15.0 Å². The lowest BCUT2D eigenvalue weighted by Crippen LogP contribution is -2.34. The molecule has 0 aromatic heterocycles. The molecule has 24 heavy (non-hydrogen) atoms. The van der Waals surface area contributed by atoms with Crippen LogP contribution in [0.4, 0.5) is 18.9 Å². The van der Waals surface area contributed by atoms with Crippen molar-refractivity contribution in [2.24, 2.45) is 5.92 Å². The van der Waals surface area contributed by atoms with E-state index in [1.54, 1.807) is 0 Å². The first-order chi connectivity index (χ1) is 11.2. The van der Waals surface area contributed by atoms with E-state index in [1.807, 2.05) is 0 Å². The van der Waals surface area contributed by atoms with Gasteiger partial charge in [-0.2, -0.15) is 13.2 Å². The summed E-state index contributed by atoms with van der Waals surface area (Å²) in [5.74, 6) is -1.34. The maximum atomic E-state index is 12.9. The second-order valence-corrected chi connectivity index (χ2v) is 5.76. The van der Waals surface area contributed by atoms with Crippen LogP contribution >= 0.6 is 11.6 Å². The molecule has 9 heteroatoms. The first-order valence-corrected chi connectivity index (χ1v) is 7.55. The number of nitrogens with zero attached hydrogens (tertiary/aromatic N) is 1. The normalized spacial score (nSPS) is 18.1. The van der Waals surface area contributed by atoms with Gasteiger partial charge in [0.05, 0.1) is 23.1 Å². The van der Waals surface area contributed by atoms with E-state index in [1.165, 1.54) is 18.1 Å². The Morgan fingerprint density at radius 2 is 2.17 bits per heavy atom. The van der Waals surface area contributed by atoms with Crippen molar-refractivity contribution in [1.29, 1.82) is 0 Å². The van der Waals surface area contributed by atoms with E-state index in [4.69, 9.17) is 16.3 Å². The molecule has 0 bridgehead atoms. The molecule has 1 heterocycles. The number of ether oxygens (including phenoxy) is 1. The highest BCUT2D eigenvalue weighted by Crippen LogP contribution is 2.38. The molecule has 1 aromatic carbocycles. The second kappa shape index (κ2) is 7.40. The molecule has 1 aliphatic rings. The zero-order valence-electron chi connectivity index (χ0n) is 12.8. The third kappa shape index (κ3) is 4.18. The van der Waals surface area contributed by atoms with Crippen molar-refractivity contribution < 1.29 is 27.5 Å². The molecule has 1 aromatic rings. The van der Waals surface area contributed by atoms with E-state index in [0.717, 1.165) is 12.1 Å². The number of rotatable bonds is 5. The molecule has 0 radical (unpaired) electrons. The molecule has 5 nitrogen and oxygen atoms in total. The smallest absolute Gasteiger partial charge is 0.383 e. The summed E-state index contributed by atoms with van der Waals surface area (Å²) in [6.07, 6.45) is -4.67. The monoisotopic (exact) mass is 364 g/mol. The van der Waals surface area contributed by atoms with E-state index in [-0.39, 0.29) is 24.6 Å². The number of anilines is 1. The highest BCUT2D eigenvalue weighted by atomic mass is 35.5. The maximum absolute atomic E-state index is 12.9. The number of alkyl halides is 3. The van der Waals surface area contributed by atoms with Crippen LogP contribution in [-0.4, -0.2) is 38.6 Å². The Labute approximate surface area is 141 Å². The van der Waals surface area contributed by atoms with Crippen molar-refractivity contribution >= 4 is 29.1 Å². The number of amides is 2. The highest BCUT2D eigenvalue weighted by molar-refractivity contribution is 6.31. The van der Waals surface area contributed by atoms with Gasteiger partial charge in [-0.15, -0.1) is 0 Å². The number of methoxy groups -OCH3 is 1. The molecule has 1 saturated heterocycles. The molecular weight excluding hydrogens is 349 g/mol. The minimum atomic E-state index is -4.62. The molecular formula is C15H16ClF3N2O3. The molecule has 0 saturated carbocycles. The van der Waals surface area contributed by atoms with E-state index >= 15 is 0 Å². The summed E-state index contributed by atoms with van der Waals surface area (Å²) in [4.78, 5) is 25.2. The number of hydrogen-bond donors (Lipinski definition) is 1. The van der Waals surface area contributed by atoms with Gasteiger partial charge in [0, 0.05) is 32.3 Å². The van der Waals surface area contributed by atoms with E-state index < -0.39 is 28.6 Å². The van der Waals surface area contributed by atoms with Crippen LogP contribution in [0, 0.1) is 5.92 Å². The fraction of sp³-hybridized carbons (Fsp3) is 0.467. The van der Waals surface area contributed by atoms with Crippen molar-refractivity contribution in [3.05, 3.63) is 28.8 Å². The van der Waals surface area contributed by atoms with Crippen LogP contribution in [0.3, 0.4) is 0 Å². The number of carbonyl (C=O) groups excluding carboxylic acids is 2. The lowest BCUT2D eigenvalue weighted by Gasteiger charge is -2.19. The quantitative estimate of drug-likeness (QED) is 0.817. The summed E-state index contributed by atoms with van der Waals surface area (Å²) in [5.41, 5.74) is -0.939. The summed E-state index contributed by atoms with van der Waals surface area (Å²) in [7, 11) is 1.49. The SMILES string of the molecule is COCCNC(=O)C1CC(=O)N(c2ccc(Cl)c(C(F)(F)F)c2)C1. The number of benzene rings is 1. The van der Waals surface area contributed by atoms with Crippen LogP contribution in [0.2, 0.25) is 5.02 Å². The fourth-order valence-corrected chi connectivity index (χ4v) is 2.68. The Balaban J connectivity index is 2.13. The van der Waals surface area contributed by atoms with Gasteiger partial charge in [-0.05, 0) is 18.2 Å². The number of hydrogen-bond acceptors (Lipinski definition) is 3. The van der Waals surface area contributed by atoms with Crippen molar-refractivity contribution in [2.45, 2.75) is 12.6 Å². The van der Waals surface area contributed by atoms with Crippen LogP contribution in [0.5, 0.6) is 0 Å². The summed E-state index contributed by atoms with van der Waals surface area (Å²) in [5, 5.41) is 2.18. The van der Waals surface area contributed by atoms with Gasteiger partial charge in [-0.3, -0.25) is 9.59 Å². The highest BCUT2D eigenvalue weighted by Gasteiger charge is 2.37. The zero-order valence-corrected chi connectivity index (χ0v) is 13.6. The Bertz CT molecular complexity index is 637. The fourth-order valence-electron chi connectivity index (χ4n) is 2.45. The van der Waals surface area contributed by atoms with Crippen LogP contribution in [0.1, 0.15) is 12.0 Å². The maximum Gasteiger partial charge on any atom is 0.417 e.